The van der Waals surface area contributed by atoms with Crippen LogP contribution in [0.5, 0.6) is 0 Å². The first kappa shape index (κ1) is 18.9. The molecular weight excluding hydrogens is 344 g/mol. The summed E-state index contributed by atoms with van der Waals surface area (Å²) >= 11 is 0. The standard InChI is InChI=1S/C20H24N4O3/c1-2-14-6-8-20(9-7-14)18(26)24(19(27)23-20)13-17(25)22-12-16-5-3-4-15(10-16)11-21/h3-5,10,14H,2,6-9,12-13H2,1H3,(H,22,25)(H,23,27). The van der Waals surface area contributed by atoms with Gasteiger partial charge in [0.05, 0.1) is 11.6 Å². The van der Waals surface area contributed by atoms with E-state index in [0.29, 0.717) is 24.3 Å². The number of carbonyl (C=O) groups is 3. The quantitative estimate of drug-likeness (QED) is 0.777. The van der Waals surface area contributed by atoms with E-state index in [9.17, 15) is 14.4 Å². The van der Waals surface area contributed by atoms with Gasteiger partial charge in [-0.25, -0.2) is 4.79 Å². The Bertz CT molecular complexity index is 791. The molecule has 0 aromatic heterocycles. The first-order chi connectivity index (χ1) is 13.0. The average molecular weight is 368 g/mol. The van der Waals surface area contributed by atoms with E-state index in [-0.39, 0.29) is 19.0 Å². The predicted octanol–water partition coefficient (Wildman–Crippen LogP) is 2.07. The second-order valence-corrected chi connectivity index (χ2v) is 7.34. The van der Waals surface area contributed by atoms with Gasteiger partial charge in [0.1, 0.15) is 12.1 Å². The van der Waals surface area contributed by atoms with Crippen LogP contribution < -0.4 is 10.6 Å². The number of imide groups is 1. The maximum atomic E-state index is 12.8. The van der Waals surface area contributed by atoms with Crippen LogP contribution in [0.4, 0.5) is 4.79 Å². The molecule has 1 aromatic carbocycles. The molecule has 4 amide bonds. The Hall–Kier alpha value is -2.88. The molecule has 1 saturated heterocycles. The van der Waals surface area contributed by atoms with Crippen molar-refractivity contribution >= 4 is 17.8 Å². The number of nitrogens with zero attached hydrogens (tertiary/aromatic N) is 2. The fraction of sp³-hybridized carbons (Fsp3) is 0.500. The van der Waals surface area contributed by atoms with Crippen molar-refractivity contribution in [3.05, 3.63) is 35.4 Å². The van der Waals surface area contributed by atoms with Gasteiger partial charge in [-0.2, -0.15) is 5.26 Å². The number of rotatable bonds is 5. The molecule has 27 heavy (non-hydrogen) atoms. The lowest BCUT2D eigenvalue weighted by molar-refractivity contribution is -0.136. The van der Waals surface area contributed by atoms with Crippen LogP contribution in [0.1, 0.15) is 50.2 Å². The van der Waals surface area contributed by atoms with Gasteiger partial charge in [-0.15, -0.1) is 0 Å². The first-order valence-corrected chi connectivity index (χ1v) is 9.37. The van der Waals surface area contributed by atoms with Crippen LogP contribution in [0, 0.1) is 17.2 Å². The van der Waals surface area contributed by atoms with Gasteiger partial charge in [-0.1, -0.05) is 25.5 Å². The monoisotopic (exact) mass is 368 g/mol. The van der Waals surface area contributed by atoms with Crippen LogP contribution >= 0.6 is 0 Å². The Labute approximate surface area is 158 Å². The van der Waals surface area contributed by atoms with Crippen molar-refractivity contribution < 1.29 is 14.4 Å². The van der Waals surface area contributed by atoms with Crippen LogP contribution in [-0.2, 0) is 16.1 Å². The van der Waals surface area contributed by atoms with Crippen molar-refractivity contribution in [3.63, 3.8) is 0 Å². The van der Waals surface area contributed by atoms with Gasteiger partial charge in [-0.05, 0) is 49.3 Å². The minimum Gasteiger partial charge on any atom is -0.350 e. The van der Waals surface area contributed by atoms with Crippen molar-refractivity contribution in [1.82, 2.24) is 15.5 Å². The Morgan fingerprint density at radius 1 is 1.37 bits per heavy atom. The second kappa shape index (κ2) is 7.78. The van der Waals surface area contributed by atoms with E-state index in [1.54, 1.807) is 24.3 Å². The van der Waals surface area contributed by atoms with Crippen LogP contribution in [0.15, 0.2) is 24.3 Å². The number of nitriles is 1. The van der Waals surface area contributed by atoms with Crippen LogP contribution in [-0.4, -0.2) is 34.8 Å². The van der Waals surface area contributed by atoms with Gasteiger partial charge >= 0.3 is 6.03 Å². The fourth-order valence-corrected chi connectivity index (χ4v) is 3.89. The highest BCUT2D eigenvalue weighted by molar-refractivity contribution is 6.09. The number of hydrogen-bond donors (Lipinski definition) is 2. The zero-order valence-corrected chi connectivity index (χ0v) is 15.5. The number of nitrogens with one attached hydrogen (secondary N) is 2. The summed E-state index contributed by atoms with van der Waals surface area (Å²) in [4.78, 5) is 38.3. The highest BCUT2D eigenvalue weighted by Crippen LogP contribution is 2.37. The minimum atomic E-state index is -0.829. The van der Waals surface area contributed by atoms with Gasteiger partial charge in [0.25, 0.3) is 5.91 Å². The molecule has 3 rings (SSSR count). The summed E-state index contributed by atoms with van der Waals surface area (Å²) < 4.78 is 0. The van der Waals surface area contributed by atoms with E-state index >= 15 is 0 Å². The molecule has 2 fully saturated rings. The van der Waals surface area contributed by atoms with Crippen molar-refractivity contribution in [1.29, 1.82) is 5.26 Å². The molecule has 0 bridgehead atoms. The molecule has 0 atom stereocenters. The molecule has 0 unspecified atom stereocenters. The van der Waals surface area contributed by atoms with Gasteiger partial charge in [0, 0.05) is 6.54 Å². The number of carbonyl (C=O) groups excluding carboxylic acids is 3. The number of amides is 4. The zero-order valence-electron chi connectivity index (χ0n) is 15.5. The van der Waals surface area contributed by atoms with Crippen LogP contribution in [0.25, 0.3) is 0 Å². The summed E-state index contributed by atoms with van der Waals surface area (Å²) in [7, 11) is 0. The molecule has 2 aliphatic rings. The van der Waals surface area contributed by atoms with Crippen molar-refractivity contribution in [2.75, 3.05) is 6.54 Å². The normalized spacial score (nSPS) is 24.6. The molecule has 142 valence electrons. The highest BCUT2D eigenvalue weighted by atomic mass is 16.2. The average Bonchev–Trinajstić information content (AvgIpc) is 2.91. The van der Waals surface area contributed by atoms with E-state index in [0.717, 1.165) is 29.7 Å². The fourth-order valence-electron chi connectivity index (χ4n) is 3.89. The largest absolute Gasteiger partial charge is 0.350 e. The Morgan fingerprint density at radius 3 is 2.78 bits per heavy atom. The molecule has 1 aromatic rings. The van der Waals surface area contributed by atoms with Crippen molar-refractivity contribution in [2.45, 2.75) is 51.1 Å². The second-order valence-electron chi connectivity index (χ2n) is 7.34. The lowest BCUT2D eigenvalue weighted by Crippen LogP contribution is -2.50. The summed E-state index contributed by atoms with van der Waals surface area (Å²) in [6, 6.07) is 8.48. The van der Waals surface area contributed by atoms with Crippen LogP contribution in [0.2, 0.25) is 0 Å². The SMILES string of the molecule is CCC1CCC2(CC1)NC(=O)N(CC(=O)NCc1cccc(C#N)c1)C2=O. The van der Waals surface area contributed by atoms with E-state index in [4.69, 9.17) is 5.26 Å². The predicted molar refractivity (Wildman–Crippen MR) is 98.2 cm³/mol. The molecule has 0 radical (unpaired) electrons. The van der Waals surface area contributed by atoms with E-state index in [2.05, 4.69) is 17.6 Å². The highest BCUT2D eigenvalue weighted by Gasteiger charge is 2.52. The Balaban J connectivity index is 1.57. The molecular formula is C20H24N4O3. The Morgan fingerprint density at radius 2 is 2.11 bits per heavy atom. The molecule has 7 heteroatoms. The lowest BCUT2D eigenvalue weighted by Gasteiger charge is -2.34. The van der Waals surface area contributed by atoms with Gasteiger partial charge < -0.3 is 10.6 Å². The van der Waals surface area contributed by atoms with Gasteiger partial charge in [0.2, 0.25) is 5.91 Å². The third kappa shape index (κ3) is 3.95. The summed E-state index contributed by atoms with van der Waals surface area (Å²) in [6.45, 7) is 2.09. The summed E-state index contributed by atoms with van der Waals surface area (Å²) in [5.74, 6) is -0.0920. The maximum Gasteiger partial charge on any atom is 0.325 e. The van der Waals surface area contributed by atoms with Crippen molar-refractivity contribution in [2.24, 2.45) is 5.92 Å². The number of hydrogen-bond acceptors (Lipinski definition) is 4. The molecule has 7 nitrogen and oxygen atoms in total. The minimum absolute atomic E-state index is 0.237. The smallest absolute Gasteiger partial charge is 0.325 e. The topological polar surface area (TPSA) is 102 Å². The summed E-state index contributed by atoms with van der Waals surface area (Å²) in [6.07, 6.45) is 4.18. The third-order valence-electron chi connectivity index (χ3n) is 5.63. The lowest BCUT2D eigenvalue weighted by atomic mass is 9.75. The van der Waals surface area contributed by atoms with Gasteiger partial charge in [-0.3, -0.25) is 14.5 Å². The van der Waals surface area contributed by atoms with Crippen molar-refractivity contribution in [3.8, 4) is 6.07 Å². The Kier molecular flexibility index (Phi) is 5.45. The summed E-state index contributed by atoms with van der Waals surface area (Å²) in [5.41, 5.74) is 0.471. The molecule has 1 saturated carbocycles. The van der Waals surface area contributed by atoms with E-state index < -0.39 is 17.5 Å². The van der Waals surface area contributed by atoms with Crippen LogP contribution in [0.3, 0.4) is 0 Å². The molecule has 1 spiro atoms. The molecule has 1 aliphatic heterocycles. The summed E-state index contributed by atoms with van der Waals surface area (Å²) in [5, 5.41) is 14.4. The molecule has 1 aliphatic carbocycles. The maximum absolute atomic E-state index is 12.8. The number of benzene rings is 1. The third-order valence-corrected chi connectivity index (χ3v) is 5.63. The molecule has 2 N–H and O–H groups in total. The molecule has 1 heterocycles. The van der Waals surface area contributed by atoms with Gasteiger partial charge in [0.15, 0.2) is 0 Å². The van der Waals surface area contributed by atoms with E-state index in [1.807, 2.05) is 6.07 Å². The number of urea groups is 1. The first-order valence-electron chi connectivity index (χ1n) is 9.37. The van der Waals surface area contributed by atoms with E-state index in [1.165, 1.54) is 0 Å². The zero-order chi connectivity index (χ0) is 19.4.